The maximum Gasteiger partial charge on any atom is 0.419 e. The Bertz CT molecular complexity index is 1390. The normalized spacial score (nSPS) is 14.6. The smallest absolute Gasteiger partial charge is 0.419 e. The first kappa shape index (κ1) is 28.4. The number of alkyl halides is 3. The summed E-state index contributed by atoms with van der Waals surface area (Å²) in [5.41, 5.74) is -2.45. The van der Waals surface area contributed by atoms with Gasteiger partial charge in [0.2, 0.25) is 5.91 Å². The zero-order chi connectivity index (χ0) is 28.2. The first-order valence-electron chi connectivity index (χ1n) is 12.5. The third-order valence-electron chi connectivity index (χ3n) is 6.06. The quantitative estimate of drug-likeness (QED) is 0.322. The van der Waals surface area contributed by atoms with Crippen LogP contribution in [0.15, 0.2) is 35.3 Å². The largest absolute Gasteiger partial charge is 0.492 e. The Balaban J connectivity index is 1.67. The van der Waals surface area contributed by atoms with Crippen LogP contribution in [0.1, 0.15) is 25.8 Å². The van der Waals surface area contributed by atoms with Crippen LogP contribution in [0.3, 0.4) is 0 Å². The van der Waals surface area contributed by atoms with Gasteiger partial charge in [-0.3, -0.25) is 19.1 Å². The van der Waals surface area contributed by atoms with E-state index >= 15 is 0 Å². The number of halogens is 4. The summed E-state index contributed by atoms with van der Waals surface area (Å²) in [6.07, 6.45) is -2.86. The molecule has 1 amide bonds. The molecule has 2 aromatic heterocycles. The maximum atomic E-state index is 13.9. The van der Waals surface area contributed by atoms with Crippen molar-refractivity contribution in [3.05, 3.63) is 52.2 Å². The molecule has 0 radical (unpaired) electrons. The van der Waals surface area contributed by atoms with Crippen LogP contribution < -0.4 is 15.6 Å². The van der Waals surface area contributed by atoms with E-state index in [0.717, 1.165) is 36.7 Å². The Kier molecular flexibility index (Phi) is 8.80. The molecule has 3 aromatic rings. The highest BCUT2D eigenvalue weighted by molar-refractivity contribution is 5.80. The zero-order valence-electron chi connectivity index (χ0n) is 21.6. The van der Waals surface area contributed by atoms with E-state index in [2.05, 4.69) is 20.2 Å². The van der Waals surface area contributed by atoms with E-state index in [9.17, 15) is 27.2 Å². The van der Waals surface area contributed by atoms with Crippen molar-refractivity contribution in [3.8, 4) is 17.1 Å². The van der Waals surface area contributed by atoms with Crippen LogP contribution in [0.25, 0.3) is 22.4 Å². The van der Waals surface area contributed by atoms with E-state index in [1.54, 1.807) is 13.8 Å². The molecular formula is C26H29F4N5O4. The minimum atomic E-state index is -4.97. The second kappa shape index (κ2) is 12.1. The number of carbonyl (C=O) groups is 1. The molecule has 9 nitrogen and oxygen atoms in total. The number of nitrogens with one attached hydrogen (secondary N) is 1. The molecule has 39 heavy (non-hydrogen) atoms. The van der Waals surface area contributed by atoms with Crippen molar-refractivity contribution in [1.29, 1.82) is 0 Å². The van der Waals surface area contributed by atoms with Crippen LogP contribution in [0, 0.1) is 5.82 Å². The molecule has 1 saturated heterocycles. The van der Waals surface area contributed by atoms with Gasteiger partial charge in [0.15, 0.2) is 5.65 Å². The van der Waals surface area contributed by atoms with Gasteiger partial charge < -0.3 is 14.8 Å². The number of fused-ring (bicyclic) bond motifs is 1. The second-order valence-corrected chi connectivity index (χ2v) is 9.44. The minimum Gasteiger partial charge on any atom is -0.492 e. The first-order valence-corrected chi connectivity index (χ1v) is 12.5. The molecule has 0 aliphatic carbocycles. The Morgan fingerprint density at radius 2 is 1.95 bits per heavy atom. The summed E-state index contributed by atoms with van der Waals surface area (Å²) < 4.78 is 66.1. The van der Waals surface area contributed by atoms with Gasteiger partial charge in [-0.2, -0.15) is 13.2 Å². The number of aromatic nitrogens is 3. The van der Waals surface area contributed by atoms with Crippen LogP contribution in [0.5, 0.6) is 5.75 Å². The standard InChI is InChI=1S/C26H29F4N5O4/c1-16(2)32-22(36)15-35-24(17-4-5-21(27)20(12-17)26(28,29)30)33-23-19(25(35)37)13-18(14-31-23)39-9-3-6-34-7-10-38-11-8-34/h4-5,12-14,16H,3,6-11,15H2,1-2H3,(H,32,36). The number of ether oxygens (including phenoxy) is 2. The lowest BCUT2D eigenvalue weighted by atomic mass is 10.1. The van der Waals surface area contributed by atoms with Crippen LogP contribution >= 0.6 is 0 Å². The molecule has 1 aliphatic heterocycles. The van der Waals surface area contributed by atoms with Crippen molar-refractivity contribution in [1.82, 2.24) is 24.8 Å². The SMILES string of the molecule is CC(C)NC(=O)Cn1c(-c2ccc(F)c(C(F)(F)F)c2)nc2ncc(OCCCN3CCOCC3)cc2c1=O. The molecule has 0 saturated carbocycles. The molecule has 4 rings (SSSR count). The number of hydrogen-bond acceptors (Lipinski definition) is 7. The van der Waals surface area contributed by atoms with Gasteiger partial charge in [0.1, 0.15) is 23.9 Å². The van der Waals surface area contributed by atoms with Gasteiger partial charge in [0, 0.05) is 31.2 Å². The number of pyridine rings is 1. The van der Waals surface area contributed by atoms with Crippen molar-refractivity contribution in [2.75, 3.05) is 39.5 Å². The summed E-state index contributed by atoms with van der Waals surface area (Å²) >= 11 is 0. The Morgan fingerprint density at radius 1 is 1.21 bits per heavy atom. The highest BCUT2D eigenvalue weighted by Crippen LogP contribution is 2.34. The second-order valence-electron chi connectivity index (χ2n) is 9.44. The third-order valence-corrected chi connectivity index (χ3v) is 6.06. The number of hydrogen-bond donors (Lipinski definition) is 1. The number of benzene rings is 1. The van der Waals surface area contributed by atoms with Crippen molar-refractivity contribution >= 4 is 16.9 Å². The summed E-state index contributed by atoms with van der Waals surface area (Å²) in [5.74, 6) is -1.94. The molecular weight excluding hydrogens is 522 g/mol. The molecule has 13 heteroatoms. The van der Waals surface area contributed by atoms with Crippen molar-refractivity contribution in [2.45, 2.75) is 39.0 Å². The third kappa shape index (κ3) is 7.09. The Morgan fingerprint density at radius 3 is 2.64 bits per heavy atom. The monoisotopic (exact) mass is 551 g/mol. The van der Waals surface area contributed by atoms with E-state index in [1.807, 2.05) is 0 Å². The van der Waals surface area contributed by atoms with E-state index < -0.39 is 35.6 Å². The molecule has 0 spiro atoms. The van der Waals surface area contributed by atoms with Gasteiger partial charge in [0.05, 0.1) is 37.0 Å². The fourth-order valence-electron chi connectivity index (χ4n) is 4.23. The van der Waals surface area contributed by atoms with E-state index in [0.29, 0.717) is 37.7 Å². The lowest BCUT2D eigenvalue weighted by Crippen LogP contribution is -2.37. The summed E-state index contributed by atoms with van der Waals surface area (Å²) in [6, 6.07) is 3.48. The first-order chi connectivity index (χ1) is 18.5. The van der Waals surface area contributed by atoms with Gasteiger partial charge in [-0.05, 0) is 44.5 Å². The summed E-state index contributed by atoms with van der Waals surface area (Å²) in [4.78, 5) is 36.8. The molecule has 1 N–H and O–H groups in total. The Hall–Kier alpha value is -3.58. The summed E-state index contributed by atoms with van der Waals surface area (Å²) in [6.45, 7) is 7.23. The number of morpholine rings is 1. The topological polar surface area (TPSA) is 98.6 Å². The summed E-state index contributed by atoms with van der Waals surface area (Å²) in [7, 11) is 0. The molecule has 0 atom stereocenters. The van der Waals surface area contributed by atoms with E-state index in [4.69, 9.17) is 9.47 Å². The molecule has 1 aliphatic rings. The molecule has 0 unspecified atom stereocenters. The highest BCUT2D eigenvalue weighted by atomic mass is 19.4. The van der Waals surface area contributed by atoms with Gasteiger partial charge in [0.25, 0.3) is 5.56 Å². The number of carbonyl (C=O) groups excluding carboxylic acids is 1. The number of amides is 1. The van der Waals surface area contributed by atoms with Crippen molar-refractivity contribution in [2.24, 2.45) is 0 Å². The fraction of sp³-hybridized carbons (Fsp3) is 0.462. The lowest BCUT2D eigenvalue weighted by molar-refractivity contribution is -0.140. The summed E-state index contributed by atoms with van der Waals surface area (Å²) in [5, 5.41) is 2.67. The van der Waals surface area contributed by atoms with Crippen LogP contribution in [0.4, 0.5) is 17.6 Å². The molecule has 1 fully saturated rings. The minimum absolute atomic E-state index is 0.0277. The lowest BCUT2D eigenvalue weighted by Gasteiger charge is -2.26. The van der Waals surface area contributed by atoms with Gasteiger partial charge in [-0.1, -0.05) is 0 Å². The van der Waals surface area contributed by atoms with E-state index in [-0.39, 0.29) is 28.5 Å². The van der Waals surface area contributed by atoms with Crippen LogP contribution in [-0.4, -0.2) is 70.8 Å². The van der Waals surface area contributed by atoms with Gasteiger partial charge >= 0.3 is 6.18 Å². The fourth-order valence-corrected chi connectivity index (χ4v) is 4.23. The molecule has 3 heterocycles. The zero-order valence-corrected chi connectivity index (χ0v) is 21.6. The number of nitrogens with zero attached hydrogens (tertiary/aromatic N) is 4. The predicted octanol–water partition coefficient (Wildman–Crippen LogP) is 3.24. The molecule has 0 bridgehead atoms. The van der Waals surface area contributed by atoms with Crippen molar-refractivity contribution in [3.63, 3.8) is 0 Å². The average molecular weight is 552 g/mol. The van der Waals surface area contributed by atoms with E-state index in [1.165, 1.54) is 12.3 Å². The predicted molar refractivity (Wildman–Crippen MR) is 135 cm³/mol. The number of rotatable bonds is 9. The molecule has 1 aromatic carbocycles. The van der Waals surface area contributed by atoms with Gasteiger partial charge in [-0.15, -0.1) is 0 Å². The van der Waals surface area contributed by atoms with Crippen molar-refractivity contribution < 1.29 is 31.8 Å². The van der Waals surface area contributed by atoms with Gasteiger partial charge in [-0.25, -0.2) is 14.4 Å². The molecule has 210 valence electrons. The van der Waals surface area contributed by atoms with Crippen LogP contribution in [0.2, 0.25) is 0 Å². The highest BCUT2D eigenvalue weighted by Gasteiger charge is 2.34. The maximum absolute atomic E-state index is 13.9. The average Bonchev–Trinajstić information content (AvgIpc) is 2.88. The van der Waals surface area contributed by atoms with Crippen LogP contribution in [-0.2, 0) is 22.3 Å². The Labute approximate surface area is 221 Å².